The van der Waals surface area contributed by atoms with Crippen LogP contribution in [0.2, 0.25) is 0 Å². The minimum atomic E-state index is -1.70. The number of carbonyl (C=O) groups is 1. The number of amides is 2. The summed E-state index contributed by atoms with van der Waals surface area (Å²) in [6.45, 7) is 1.44. The van der Waals surface area contributed by atoms with Gasteiger partial charge in [-0.05, 0) is 79.7 Å². The highest BCUT2D eigenvalue weighted by Gasteiger charge is 2.25. The average molecular weight is 415 g/mol. The number of anilines is 1. The zero-order valence-corrected chi connectivity index (χ0v) is 17.2. The van der Waals surface area contributed by atoms with Gasteiger partial charge in [0.05, 0.1) is 12.6 Å². The maximum absolute atomic E-state index is 12.6. The molecule has 0 spiro atoms. The van der Waals surface area contributed by atoms with E-state index in [1.807, 2.05) is 0 Å². The molecule has 1 aliphatic heterocycles. The molecule has 2 unspecified atom stereocenters. The lowest BCUT2D eigenvalue weighted by Crippen LogP contribution is -2.31. The second-order valence-electron chi connectivity index (χ2n) is 8.07. The molecule has 2 atom stereocenters. The number of aromatic nitrogens is 2. The number of hydrogen-bond acceptors (Lipinski definition) is 4. The van der Waals surface area contributed by atoms with Crippen LogP contribution in [0, 0.1) is 0 Å². The van der Waals surface area contributed by atoms with E-state index in [1.54, 1.807) is 16.9 Å². The van der Waals surface area contributed by atoms with Crippen molar-refractivity contribution in [1.82, 2.24) is 14.5 Å². The van der Waals surface area contributed by atoms with Crippen molar-refractivity contribution in [2.75, 3.05) is 11.9 Å². The van der Waals surface area contributed by atoms with Crippen LogP contribution in [0.15, 0.2) is 23.4 Å². The van der Waals surface area contributed by atoms with Gasteiger partial charge in [0.25, 0.3) is 0 Å². The third-order valence-electron chi connectivity index (χ3n) is 6.12. The van der Waals surface area contributed by atoms with E-state index in [9.17, 15) is 9.00 Å². The van der Waals surface area contributed by atoms with Gasteiger partial charge in [-0.1, -0.05) is 6.07 Å². The van der Waals surface area contributed by atoms with Crippen molar-refractivity contribution in [3.63, 3.8) is 0 Å². The molecule has 1 fully saturated rings. The van der Waals surface area contributed by atoms with Crippen LogP contribution in [0.3, 0.4) is 0 Å². The molecule has 154 valence electrons. The van der Waals surface area contributed by atoms with Crippen LogP contribution in [-0.2, 0) is 48.0 Å². The number of aryl methyl sites for hydroxylation is 2. The second kappa shape index (κ2) is 7.91. The summed E-state index contributed by atoms with van der Waals surface area (Å²) in [7, 11) is -1.70. The third kappa shape index (κ3) is 3.83. The molecular weight excluding hydrogens is 388 g/mol. The molecule has 0 saturated carbocycles. The summed E-state index contributed by atoms with van der Waals surface area (Å²) in [6, 6.07) is 3.57. The molecule has 0 radical (unpaired) electrons. The van der Waals surface area contributed by atoms with Gasteiger partial charge in [0, 0.05) is 18.5 Å². The van der Waals surface area contributed by atoms with Crippen LogP contribution in [-0.4, -0.2) is 32.7 Å². The first kappa shape index (κ1) is 18.8. The predicted molar refractivity (Wildman–Crippen MR) is 110 cm³/mol. The summed E-state index contributed by atoms with van der Waals surface area (Å²) < 4.78 is 22.5. The molecular formula is C21H26N4O3S. The Morgan fingerprint density at radius 1 is 1.17 bits per heavy atom. The number of nitrogens with zero attached hydrogens (tertiary/aromatic N) is 2. The number of hydrogen-bond donors (Lipinski definition) is 2. The zero-order valence-electron chi connectivity index (χ0n) is 16.4. The highest BCUT2D eigenvalue weighted by molar-refractivity contribution is 7.83. The van der Waals surface area contributed by atoms with Crippen molar-refractivity contribution < 1.29 is 13.7 Å². The van der Waals surface area contributed by atoms with Gasteiger partial charge in [-0.15, -0.1) is 0 Å². The molecule has 2 heterocycles. The fraction of sp³-hybridized carbons (Fsp3) is 0.524. The molecule has 2 aliphatic carbocycles. The average Bonchev–Trinajstić information content (AvgIpc) is 3.49. The first-order valence-electron chi connectivity index (χ1n) is 10.5. The van der Waals surface area contributed by atoms with Gasteiger partial charge in [0.1, 0.15) is 0 Å². The van der Waals surface area contributed by atoms with E-state index in [0.717, 1.165) is 63.7 Å². The molecule has 1 saturated heterocycles. The quantitative estimate of drug-likeness (QED) is 0.788. The Kier molecular flexibility index (Phi) is 5.13. The Morgan fingerprint density at radius 2 is 1.93 bits per heavy atom. The van der Waals surface area contributed by atoms with Gasteiger partial charge in [0.2, 0.25) is 0 Å². The highest BCUT2D eigenvalue weighted by Crippen LogP contribution is 2.38. The van der Waals surface area contributed by atoms with E-state index in [-0.39, 0.29) is 6.10 Å². The summed E-state index contributed by atoms with van der Waals surface area (Å²) >= 11 is 0. The molecule has 8 heteroatoms. The number of carbonyl (C=O) groups excluding carboxylic acids is 1. The standard InChI is InChI=1S/C21H26N4O3S/c26-21(22-20-17-7-1-4-14(17)12-15-5-2-8-18(15)20)24-29(27)19-9-10-25(23-19)13-16-6-3-11-28-16/h9-10,12,16H,1-8,11,13H2,(H2,22,24,26). The van der Waals surface area contributed by atoms with Crippen molar-refractivity contribution in [1.29, 1.82) is 0 Å². The maximum atomic E-state index is 12.6. The van der Waals surface area contributed by atoms with E-state index in [0.29, 0.717) is 11.6 Å². The molecule has 5 rings (SSSR count). The van der Waals surface area contributed by atoms with E-state index >= 15 is 0 Å². The highest BCUT2D eigenvalue weighted by atomic mass is 32.2. The summed E-state index contributed by atoms with van der Waals surface area (Å²) in [4.78, 5) is 12.6. The first-order chi connectivity index (χ1) is 14.2. The first-order valence-corrected chi connectivity index (χ1v) is 11.6. The lowest BCUT2D eigenvalue weighted by atomic mass is 9.99. The Balaban J connectivity index is 1.26. The molecule has 0 bridgehead atoms. The fourth-order valence-corrected chi connectivity index (χ4v) is 5.47. The number of ether oxygens (including phenoxy) is 1. The minimum absolute atomic E-state index is 0.162. The summed E-state index contributed by atoms with van der Waals surface area (Å²) in [5.74, 6) is 0. The molecule has 7 nitrogen and oxygen atoms in total. The molecule has 2 amide bonds. The zero-order chi connectivity index (χ0) is 19.8. The number of urea groups is 1. The lowest BCUT2D eigenvalue weighted by molar-refractivity contribution is 0.0937. The van der Waals surface area contributed by atoms with Crippen LogP contribution in [0.25, 0.3) is 0 Å². The third-order valence-corrected chi connectivity index (χ3v) is 7.09. The lowest BCUT2D eigenvalue weighted by Gasteiger charge is -2.16. The van der Waals surface area contributed by atoms with Crippen molar-refractivity contribution >= 4 is 22.7 Å². The van der Waals surface area contributed by atoms with Gasteiger partial charge in [-0.3, -0.25) is 9.40 Å². The number of fused-ring (bicyclic) bond motifs is 2. The smallest absolute Gasteiger partial charge is 0.331 e. The molecule has 3 aliphatic rings. The van der Waals surface area contributed by atoms with E-state index in [4.69, 9.17) is 4.74 Å². The molecule has 1 aromatic carbocycles. The van der Waals surface area contributed by atoms with Crippen LogP contribution >= 0.6 is 0 Å². The van der Waals surface area contributed by atoms with Gasteiger partial charge in [-0.2, -0.15) is 5.10 Å². The monoisotopic (exact) mass is 414 g/mol. The van der Waals surface area contributed by atoms with Crippen molar-refractivity contribution in [3.8, 4) is 0 Å². The van der Waals surface area contributed by atoms with E-state index < -0.39 is 17.0 Å². The van der Waals surface area contributed by atoms with Gasteiger partial charge in [0.15, 0.2) is 16.0 Å². The molecule has 2 aromatic rings. The number of rotatable bonds is 5. The van der Waals surface area contributed by atoms with Gasteiger partial charge < -0.3 is 10.1 Å². The Labute approximate surface area is 172 Å². The number of nitrogens with one attached hydrogen (secondary N) is 2. The van der Waals surface area contributed by atoms with Crippen LogP contribution in [0.1, 0.15) is 47.9 Å². The minimum Gasteiger partial charge on any atom is -0.376 e. The maximum Gasteiger partial charge on any atom is 0.331 e. The fourth-order valence-electron chi connectivity index (χ4n) is 4.78. The van der Waals surface area contributed by atoms with Crippen molar-refractivity contribution in [2.45, 2.75) is 69.0 Å². The van der Waals surface area contributed by atoms with Crippen molar-refractivity contribution in [2.24, 2.45) is 0 Å². The SMILES string of the molecule is O=C(Nc1c2c(cc3c1CCC3)CCC2)NS(=O)c1ccn(CC2CCCO2)n1. The summed E-state index contributed by atoms with van der Waals surface area (Å²) in [5, 5.41) is 7.70. The molecule has 2 N–H and O–H groups in total. The van der Waals surface area contributed by atoms with Crippen LogP contribution in [0.5, 0.6) is 0 Å². The van der Waals surface area contributed by atoms with Crippen LogP contribution in [0.4, 0.5) is 10.5 Å². The second-order valence-corrected chi connectivity index (χ2v) is 9.23. The van der Waals surface area contributed by atoms with Crippen LogP contribution < -0.4 is 10.0 Å². The van der Waals surface area contributed by atoms with Gasteiger partial charge in [-0.25, -0.2) is 9.00 Å². The largest absolute Gasteiger partial charge is 0.376 e. The molecule has 29 heavy (non-hydrogen) atoms. The Morgan fingerprint density at radius 3 is 2.62 bits per heavy atom. The Bertz CT molecular complexity index is 933. The predicted octanol–water partition coefficient (Wildman–Crippen LogP) is 2.88. The summed E-state index contributed by atoms with van der Waals surface area (Å²) in [5.41, 5.74) is 6.18. The van der Waals surface area contributed by atoms with E-state index in [2.05, 4.69) is 21.2 Å². The molecule has 1 aromatic heterocycles. The summed E-state index contributed by atoms with van der Waals surface area (Å²) in [6.07, 6.45) is 10.4. The number of benzene rings is 1. The van der Waals surface area contributed by atoms with Crippen molar-refractivity contribution in [3.05, 3.63) is 40.6 Å². The van der Waals surface area contributed by atoms with E-state index in [1.165, 1.54) is 22.3 Å². The topological polar surface area (TPSA) is 85.2 Å². The normalized spacial score (nSPS) is 21.0. The van der Waals surface area contributed by atoms with Gasteiger partial charge >= 0.3 is 6.03 Å². The Hall–Kier alpha value is -2.19.